The van der Waals surface area contributed by atoms with Gasteiger partial charge in [-0.05, 0) is 36.6 Å². The van der Waals surface area contributed by atoms with Crippen molar-refractivity contribution in [1.29, 1.82) is 0 Å². The highest BCUT2D eigenvalue weighted by Gasteiger charge is 2.27. The van der Waals surface area contributed by atoms with E-state index in [0.29, 0.717) is 0 Å². The highest BCUT2D eigenvalue weighted by Crippen LogP contribution is 2.29. The van der Waals surface area contributed by atoms with Crippen LogP contribution in [0.2, 0.25) is 0 Å². The fraction of sp³-hybridized carbons (Fsp3) is 0.333. The fourth-order valence-electron chi connectivity index (χ4n) is 2.96. The van der Waals surface area contributed by atoms with Gasteiger partial charge < -0.3 is 0 Å². The first-order chi connectivity index (χ1) is 11.2. The lowest BCUT2D eigenvalue weighted by Crippen LogP contribution is -2.40. The fourth-order valence-corrected chi connectivity index (χ4v) is 4.10. The topological polar surface area (TPSA) is 33.2 Å². The molecule has 0 unspecified atom stereocenters. The van der Waals surface area contributed by atoms with Crippen molar-refractivity contribution >= 4 is 44.4 Å². The second kappa shape index (κ2) is 7.88. The second-order valence-corrected chi connectivity index (χ2v) is 7.49. The van der Waals surface area contributed by atoms with Crippen LogP contribution in [-0.2, 0) is 4.79 Å². The number of rotatable bonds is 4. The summed E-state index contributed by atoms with van der Waals surface area (Å²) in [5.41, 5.74) is 1.01. The van der Waals surface area contributed by atoms with E-state index in [1.807, 2.05) is 40.6 Å². The number of aromatic nitrogens is 1. The predicted octanol–water partition coefficient (Wildman–Crippen LogP) is 5.28. The maximum Gasteiger partial charge on any atom is 0.253 e. The molecule has 1 aromatic heterocycles. The Morgan fingerprint density at radius 3 is 2.83 bits per heavy atom. The van der Waals surface area contributed by atoms with E-state index >= 15 is 0 Å². The minimum atomic E-state index is 0.0202. The molecule has 1 fully saturated rings. The molecule has 2 aromatic rings. The predicted molar refractivity (Wildman–Crippen MR) is 99.6 cm³/mol. The highest BCUT2D eigenvalue weighted by molar-refractivity contribution is 9.10. The van der Waals surface area contributed by atoms with Gasteiger partial charge in [-0.3, -0.25) is 9.69 Å². The van der Waals surface area contributed by atoms with Crippen LogP contribution < -0.4 is 4.90 Å². The molecule has 1 saturated carbocycles. The molecular formula is C18H19BrN2OS. The monoisotopic (exact) mass is 390 g/mol. The normalized spacial score (nSPS) is 15.9. The molecule has 1 amide bonds. The smallest absolute Gasteiger partial charge is 0.253 e. The maximum atomic E-state index is 12.8. The number of anilines is 1. The minimum Gasteiger partial charge on any atom is -0.281 e. The van der Waals surface area contributed by atoms with Gasteiger partial charge in [0.15, 0.2) is 5.13 Å². The number of carbonyl (C=O) groups is 1. The average molecular weight is 391 g/mol. The van der Waals surface area contributed by atoms with Gasteiger partial charge in [0.25, 0.3) is 5.91 Å². The Kier molecular flexibility index (Phi) is 5.62. The van der Waals surface area contributed by atoms with Crippen molar-refractivity contribution < 1.29 is 4.79 Å². The summed E-state index contributed by atoms with van der Waals surface area (Å²) in [6.07, 6.45) is 11.1. The third-order valence-corrected chi connectivity index (χ3v) is 5.33. The van der Waals surface area contributed by atoms with Gasteiger partial charge in [-0.25, -0.2) is 4.98 Å². The van der Waals surface area contributed by atoms with E-state index in [9.17, 15) is 4.79 Å². The first-order valence-corrected chi connectivity index (χ1v) is 9.57. The van der Waals surface area contributed by atoms with Gasteiger partial charge in [0.2, 0.25) is 0 Å². The van der Waals surface area contributed by atoms with Crippen molar-refractivity contribution in [2.75, 3.05) is 4.90 Å². The van der Waals surface area contributed by atoms with E-state index in [4.69, 9.17) is 0 Å². The number of amides is 1. The number of benzene rings is 1. The van der Waals surface area contributed by atoms with E-state index in [2.05, 4.69) is 20.9 Å². The van der Waals surface area contributed by atoms with Crippen LogP contribution in [0, 0.1) is 0 Å². The number of nitrogens with zero attached hydrogens (tertiary/aromatic N) is 2. The van der Waals surface area contributed by atoms with Crippen LogP contribution >= 0.6 is 27.3 Å². The number of hydrogen-bond acceptors (Lipinski definition) is 3. The average Bonchev–Trinajstić information content (AvgIpc) is 3.08. The lowest BCUT2D eigenvalue weighted by Gasteiger charge is -2.31. The van der Waals surface area contributed by atoms with Gasteiger partial charge in [-0.15, -0.1) is 11.3 Å². The summed E-state index contributed by atoms with van der Waals surface area (Å²) in [6.45, 7) is 0. The van der Waals surface area contributed by atoms with Crippen LogP contribution in [-0.4, -0.2) is 16.9 Å². The molecule has 5 heteroatoms. The van der Waals surface area contributed by atoms with Gasteiger partial charge >= 0.3 is 0 Å². The number of hydrogen-bond donors (Lipinski definition) is 0. The molecule has 0 N–H and O–H groups in total. The highest BCUT2D eigenvalue weighted by atomic mass is 79.9. The van der Waals surface area contributed by atoms with E-state index in [1.54, 1.807) is 12.3 Å². The molecule has 1 heterocycles. The Labute approximate surface area is 149 Å². The molecule has 1 aliphatic carbocycles. The van der Waals surface area contributed by atoms with E-state index < -0.39 is 0 Å². The van der Waals surface area contributed by atoms with Gasteiger partial charge in [-0.1, -0.05) is 47.3 Å². The SMILES string of the molecule is O=C(C=Cc1cccc(Br)c1)N(c1nccs1)C1CCCCC1. The van der Waals surface area contributed by atoms with Gasteiger partial charge in [0.05, 0.1) is 0 Å². The Hall–Kier alpha value is -1.46. The van der Waals surface area contributed by atoms with Gasteiger partial charge in [0.1, 0.15) is 0 Å². The summed E-state index contributed by atoms with van der Waals surface area (Å²) in [4.78, 5) is 19.0. The summed E-state index contributed by atoms with van der Waals surface area (Å²) in [5.74, 6) is 0.0202. The molecule has 0 bridgehead atoms. The Balaban J connectivity index is 1.80. The summed E-state index contributed by atoms with van der Waals surface area (Å²) >= 11 is 4.98. The second-order valence-electron chi connectivity index (χ2n) is 5.70. The first kappa shape index (κ1) is 16.4. The zero-order valence-electron chi connectivity index (χ0n) is 12.8. The van der Waals surface area contributed by atoms with Crippen LogP contribution in [0.1, 0.15) is 37.7 Å². The molecule has 1 aliphatic rings. The largest absolute Gasteiger partial charge is 0.281 e. The van der Waals surface area contributed by atoms with Crippen molar-refractivity contribution in [1.82, 2.24) is 4.98 Å². The Morgan fingerprint density at radius 2 is 2.13 bits per heavy atom. The quantitative estimate of drug-likeness (QED) is 0.664. The van der Waals surface area contributed by atoms with Crippen molar-refractivity contribution in [3.05, 3.63) is 52.0 Å². The van der Waals surface area contributed by atoms with Gasteiger partial charge in [-0.2, -0.15) is 0 Å². The lowest BCUT2D eigenvalue weighted by molar-refractivity contribution is -0.114. The molecule has 3 rings (SSSR count). The van der Waals surface area contributed by atoms with E-state index in [-0.39, 0.29) is 11.9 Å². The van der Waals surface area contributed by atoms with Crippen LogP contribution in [0.25, 0.3) is 6.08 Å². The molecule has 120 valence electrons. The molecule has 0 spiro atoms. The molecule has 3 nitrogen and oxygen atoms in total. The Bertz CT molecular complexity index is 678. The van der Waals surface area contributed by atoms with E-state index in [0.717, 1.165) is 28.0 Å². The van der Waals surface area contributed by atoms with Gasteiger partial charge in [0, 0.05) is 28.2 Å². The minimum absolute atomic E-state index is 0.0202. The number of thiazole rings is 1. The Morgan fingerprint density at radius 1 is 1.30 bits per heavy atom. The molecule has 0 aliphatic heterocycles. The van der Waals surface area contributed by atoms with Crippen molar-refractivity contribution in [2.24, 2.45) is 0 Å². The molecule has 0 saturated heterocycles. The van der Waals surface area contributed by atoms with Crippen LogP contribution in [0.3, 0.4) is 0 Å². The standard InChI is InChI=1S/C18H19BrN2OS/c19-15-6-4-5-14(13-15)9-10-17(22)21(18-20-11-12-23-18)16-7-2-1-3-8-16/h4-6,9-13,16H,1-3,7-8H2. The third-order valence-electron chi connectivity index (χ3n) is 4.07. The summed E-state index contributed by atoms with van der Waals surface area (Å²) < 4.78 is 1.01. The summed E-state index contributed by atoms with van der Waals surface area (Å²) in [6, 6.07) is 8.20. The van der Waals surface area contributed by atoms with E-state index in [1.165, 1.54) is 30.6 Å². The third kappa shape index (κ3) is 4.30. The summed E-state index contributed by atoms with van der Waals surface area (Å²) in [5, 5.41) is 2.73. The number of halogens is 1. The molecule has 1 aromatic carbocycles. The molecular weight excluding hydrogens is 372 g/mol. The van der Waals surface area contributed by atoms with Crippen molar-refractivity contribution in [3.8, 4) is 0 Å². The zero-order chi connectivity index (χ0) is 16.1. The van der Waals surface area contributed by atoms with Crippen LogP contribution in [0.5, 0.6) is 0 Å². The van der Waals surface area contributed by atoms with Crippen LogP contribution in [0.4, 0.5) is 5.13 Å². The van der Waals surface area contributed by atoms with Crippen LogP contribution in [0.15, 0.2) is 46.4 Å². The lowest BCUT2D eigenvalue weighted by atomic mass is 9.94. The molecule has 0 radical (unpaired) electrons. The van der Waals surface area contributed by atoms with Crippen molar-refractivity contribution in [2.45, 2.75) is 38.1 Å². The maximum absolute atomic E-state index is 12.8. The molecule has 23 heavy (non-hydrogen) atoms. The first-order valence-electron chi connectivity index (χ1n) is 7.90. The number of carbonyl (C=O) groups excluding carboxylic acids is 1. The summed E-state index contributed by atoms with van der Waals surface area (Å²) in [7, 11) is 0. The zero-order valence-corrected chi connectivity index (χ0v) is 15.2. The molecule has 0 atom stereocenters. The van der Waals surface area contributed by atoms with Crippen molar-refractivity contribution in [3.63, 3.8) is 0 Å².